The first-order chi connectivity index (χ1) is 7.71. The van der Waals surface area contributed by atoms with Gasteiger partial charge < -0.3 is 9.84 Å². The lowest BCUT2D eigenvalue weighted by molar-refractivity contribution is -0.149. The number of aliphatic hydroxyl groups is 1. The number of carbonyl (C=O) groups is 1. The fourth-order valence-corrected chi connectivity index (χ4v) is 1.74. The number of ether oxygens (including phenoxy) is 1. The van der Waals surface area contributed by atoms with Gasteiger partial charge in [-0.1, -0.05) is 36.4 Å². The zero-order valence-corrected chi connectivity index (χ0v) is 9.35. The second kappa shape index (κ2) is 5.47. The first-order valence-corrected chi connectivity index (χ1v) is 5.07. The van der Waals surface area contributed by atoms with Gasteiger partial charge in [0.2, 0.25) is 0 Å². The molecule has 0 aromatic heterocycles. The normalized spacial score (nSPS) is 13.9. The van der Waals surface area contributed by atoms with Gasteiger partial charge in [-0.3, -0.25) is 4.79 Å². The first kappa shape index (κ1) is 12.5. The van der Waals surface area contributed by atoms with Crippen molar-refractivity contribution in [1.29, 1.82) is 0 Å². The van der Waals surface area contributed by atoms with Crippen molar-refractivity contribution in [2.24, 2.45) is 0 Å². The molecule has 0 saturated heterocycles. The van der Waals surface area contributed by atoms with E-state index in [1.807, 2.05) is 18.2 Å². The minimum Gasteiger partial charge on any atom is -0.468 e. The number of hydrogen-bond donors (Lipinski definition) is 1. The van der Waals surface area contributed by atoms with Crippen LogP contribution in [0.5, 0.6) is 0 Å². The minimum atomic E-state index is -1.03. The summed E-state index contributed by atoms with van der Waals surface area (Å²) in [5, 5.41) is 9.51. The molecule has 16 heavy (non-hydrogen) atoms. The van der Waals surface area contributed by atoms with Crippen LogP contribution in [0.4, 0.5) is 0 Å². The summed E-state index contributed by atoms with van der Waals surface area (Å²) >= 11 is 0. The Morgan fingerprint density at radius 1 is 1.50 bits per heavy atom. The van der Waals surface area contributed by atoms with E-state index in [0.29, 0.717) is 6.42 Å². The molecule has 1 aromatic rings. The molecule has 0 aliphatic heterocycles. The third-order valence-corrected chi connectivity index (χ3v) is 2.67. The van der Waals surface area contributed by atoms with Crippen LogP contribution >= 0.6 is 0 Å². The van der Waals surface area contributed by atoms with E-state index in [2.05, 4.69) is 6.58 Å². The van der Waals surface area contributed by atoms with Crippen molar-refractivity contribution >= 4 is 5.97 Å². The molecule has 3 heteroatoms. The standard InChI is InChI=1S/C13H16O3/c1-3-9-13(10-14,12(15)16-2)11-7-5-4-6-8-11/h3-8,14H,1,9-10H2,2H3. The molecule has 0 radical (unpaired) electrons. The van der Waals surface area contributed by atoms with Crippen molar-refractivity contribution in [2.45, 2.75) is 11.8 Å². The van der Waals surface area contributed by atoms with Gasteiger partial charge >= 0.3 is 5.97 Å². The number of esters is 1. The lowest BCUT2D eigenvalue weighted by Crippen LogP contribution is -2.40. The molecule has 1 unspecified atom stereocenters. The van der Waals surface area contributed by atoms with Crippen molar-refractivity contribution < 1.29 is 14.6 Å². The number of rotatable bonds is 5. The van der Waals surface area contributed by atoms with Gasteiger partial charge in [0.25, 0.3) is 0 Å². The molecule has 1 N–H and O–H groups in total. The fourth-order valence-electron chi connectivity index (χ4n) is 1.74. The van der Waals surface area contributed by atoms with Crippen LogP contribution in [0, 0.1) is 0 Å². The molecule has 0 amide bonds. The van der Waals surface area contributed by atoms with Crippen molar-refractivity contribution in [3.63, 3.8) is 0 Å². The van der Waals surface area contributed by atoms with Crippen molar-refractivity contribution in [3.8, 4) is 0 Å². The van der Waals surface area contributed by atoms with Crippen LogP contribution in [-0.2, 0) is 14.9 Å². The summed E-state index contributed by atoms with van der Waals surface area (Å²) in [6, 6.07) is 9.11. The van der Waals surface area contributed by atoms with Crippen LogP contribution < -0.4 is 0 Å². The molecule has 86 valence electrons. The largest absolute Gasteiger partial charge is 0.468 e. The highest BCUT2D eigenvalue weighted by atomic mass is 16.5. The van der Waals surface area contributed by atoms with Gasteiger partial charge in [-0.15, -0.1) is 6.58 Å². The average molecular weight is 220 g/mol. The predicted molar refractivity (Wildman–Crippen MR) is 62.0 cm³/mol. The number of benzene rings is 1. The Balaban J connectivity index is 3.22. The predicted octanol–water partition coefficient (Wildman–Crippen LogP) is 1.67. The highest BCUT2D eigenvalue weighted by molar-refractivity contribution is 5.83. The van der Waals surface area contributed by atoms with E-state index in [0.717, 1.165) is 5.56 Å². The number of aliphatic hydroxyl groups excluding tert-OH is 1. The van der Waals surface area contributed by atoms with Gasteiger partial charge in [-0.2, -0.15) is 0 Å². The molecule has 1 aromatic carbocycles. The maximum atomic E-state index is 11.8. The van der Waals surface area contributed by atoms with E-state index < -0.39 is 11.4 Å². The topological polar surface area (TPSA) is 46.5 Å². The molecule has 3 nitrogen and oxygen atoms in total. The molecule has 1 atom stereocenters. The molecule has 1 rings (SSSR count). The number of allylic oxidation sites excluding steroid dienone is 1. The highest BCUT2D eigenvalue weighted by Crippen LogP contribution is 2.29. The van der Waals surface area contributed by atoms with E-state index in [-0.39, 0.29) is 6.61 Å². The van der Waals surface area contributed by atoms with Crippen LogP contribution in [-0.4, -0.2) is 24.8 Å². The van der Waals surface area contributed by atoms with Gasteiger partial charge in [0.15, 0.2) is 0 Å². The van der Waals surface area contributed by atoms with E-state index >= 15 is 0 Å². The van der Waals surface area contributed by atoms with E-state index in [1.165, 1.54) is 7.11 Å². The van der Waals surface area contributed by atoms with Gasteiger partial charge in [-0.05, 0) is 12.0 Å². The zero-order valence-electron chi connectivity index (χ0n) is 9.35. The molecule has 0 bridgehead atoms. The highest BCUT2D eigenvalue weighted by Gasteiger charge is 2.39. The molecule has 0 spiro atoms. The smallest absolute Gasteiger partial charge is 0.318 e. The number of methoxy groups -OCH3 is 1. The maximum Gasteiger partial charge on any atom is 0.318 e. The monoisotopic (exact) mass is 220 g/mol. The molecular weight excluding hydrogens is 204 g/mol. The SMILES string of the molecule is C=CCC(CO)(C(=O)OC)c1ccccc1. The summed E-state index contributed by atoms with van der Waals surface area (Å²) in [6.45, 7) is 3.32. The van der Waals surface area contributed by atoms with Crippen molar-refractivity contribution in [3.05, 3.63) is 48.6 Å². The lowest BCUT2D eigenvalue weighted by atomic mass is 9.78. The summed E-state index contributed by atoms with van der Waals surface area (Å²) < 4.78 is 4.77. The Kier molecular flexibility index (Phi) is 4.26. The second-order valence-electron chi connectivity index (χ2n) is 3.59. The number of hydrogen-bond acceptors (Lipinski definition) is 3. The molecule has 0 aliphatic rings. The van der Waals surface area contributed by atoms with Crippen LogP contribution in [0.25, 0.3) is 0 Å². The lowest BCUT2D eigenvalue weighted by Gasteiger charge is -2.28. The van der Waals surface area contributed by atoms with Gasteiger partial charge in [0.05, 0.1) is 13.7 Å². The number of carbonyl (C=O) groups excluding carboxylic acids is 1. The summed E-state index contributed by atoms with van der Waals surface area (Å²) in [7, 11) is 1.32. The molecule has 0 fully saturated rings. The third kappa shape index (κ3) is 2.14. The molecule has 0 aliphatic carbocycles. The second-order valence-corrected chi connectivity index (χ2v) is 3.59. The van der Waals surface area contributed by atoms with Crippen molar-refractivity contribution in [1.82, 2.24) is 0 Å². The molecule has 0 saturated carbocycles. The third-order valence-electron chi connectivity index (χ3n) is 2.67. The fraction of sp³-hybridized carbons (Fsp3) is 0.308. The van der Waals surface area contributed by atoms with E-state index in [4.69, 9.17) is 4.74 Å². The van der Waals surface area contributed by atoms with E-state index in [9.17, 15) is 9.90 Å². The Hall–Kier alpha value is -1.61. The first-order valence-electron chi connectivity index (χ1n) is 5.07. The molecule has 0 heterocycles. The van der Waals surface area contributed by atoms with E-state index in [1.54, 1.807) is 18.2 Å². The zero-order chi connectivity index (χ0) is 12.0. The Labute approximate surface area is 95.4 Å². The Bertz CT molecular complexity index is 359. The summed E-state index contributed by atoms with van der Waals surface area (Å²) in [5.41, 5.74) is -0.290. The minimum absolute atomic E-state index is 0.296. The van der Waals surface area contributed by atoms with Crippen LogP contribution in [0.1, 0.15) is 12.0 Å². The summed E-state index contributed by atoms with van der Waals surface area (Å²) in [4.78, 5) is 11.8. The summed E-state index contributed by atoms with van der Waals surface area (Å²) in [6.07, 6.45) is 1.96. The van der Waals surface area contributed by atoms with Gasteiger partial charge in [-0.25, -0.2) is 0 Å². The Morgan fingerprint density at radius 3 is 2.56 bits per heavy atom. The summed E-state index contributed by atoms with van der Waals surface area (Å²) in [5.74, 6) is -0.443. The average Bonchev–Trinajstić information content (AvgIpc) is 2.36. The van der Waals surface area contributed by atoms with Crippen molar-refractivity contribution in [2.75, 3.05) is 13.7 Å². The maximum absolute atomic E-state index is 11.8. The Morgan fingerprint density at radius 2 is 2.12 bits per heavy atom. The van der Waals surface area contributed by atoms with Gasteiger partial charge in [0.1, 0.15) is 5.41 Å². The molecular formula is C13H16O3. The van der Waals surface area contributed by atoms with Gasteiger partial charge in [0, 0.05) is 0 Å². The quantitative estimate of drug-likeness (QED) is 0.606. The van der Waals surface area contributed by atoms with Crippen LogP contribution in [0.2, 0.25) is 0 Å². The van der Waals surface area contributed by atoms with Crippen LogP contribution in [0.3, 0.4) is 0 Å². The van der Waals surface area contributed by atoms with Crippen LogP contribution in [0.15, 0.2) is 43.0 Å².